The molecular weight excluding hydrogens is 342 g/mol. The molecule has 3 rings (SSSR count). The van der Waals surface area contributed by atoms with Gasteiger partial charge in [0, 0.05) is 12.6 Å². The summed E-state index contributed by atoms with van der Waals surface area (Å²) in [7, 11) is 0. The molecule has 2 amide bonds. The van der Waals surface area contributed by atoms with Crippen molar-refractivity contribution in [2.24, 2.45) is 0 Å². The maximum atomic E-state index is 12.0. The zero-order chi connectivity index (χ0) is 18.9. The Balaban J connectivity index is 1.52. The summed E-state index contributed by atoms with van der Waals surface area (Å²) >= 11 is 0. The lowest BCUT2D eigenvalue weighted by Crippen LogP contribution is -2.44. The first-order chi connectivity index (χ1) is 13.2. The van der Waals surface area contributed by atoms with Crippen LogP contribution in [0.5, 0.6) is 5.75 Å². The number of carbonyl (C=O) groups is 2. The average Bonchev–Trinajstić information content (AvgIpc) is 2.73. The van der Waals surface area contributed by atoms with Crippen LogP contribution in [-0.4, -0.2) is 23.4 Å². The molecule has 6 heteroatoms. The number of hydrogen-bond acceptors (Lipinski definition) is 4. The van der Waals surface area contributed by atoms with Crippen molar-refractivity contribution in [1.82, 2.24) is 15.8 Å². The molecule has 136 valence electrons. The predicted octanol–water partition coefficient (Wildman–Crippen LogP) is 2.51. The zero-order valence-corrected chi connectivity index (χ0v) is 14.6. The molecule has 0 aliphatic rings. The Morgan fingerprint density at radius 2 is 1.59 bits per heavy atom. The molecule has 0 atom stereocenters. The summed E-state index contributed by atoms with van der Waals surface area (Å²) in [5.41, 5.74) is 6.97. The number of nitrogens with zero attached hydrogens (tertiary/aromatic N) is 1. The van der Waals surface area contributed by atoms with E-state index in [0.29, 0.717) is 12.2 Å². The van der Waals surface area contributed by atoms with Crippen LogP contribution in [0.25, 0.3) is 0 Å². The van der Waals surface area contributed by atoms with Gasteiger partial charge < -0.3 is 4.74 Å². The van der Waals surface area contributed by atoms with Crippen molar-refractivity contribution in [1.29, 1.82) is 0 Å². The van der Waals surface area contributed by atoms with Gasteiger partial charge in [-0.2, -0.15) is 0 Å². The second-order valence-corrected chi connectivity index (χ2v) is 5.78. The van der Waals surface area contributed by atoms with E-state index in [9.17, 15) is 9.59 Å². The number of rotatable bonds is 6. The fraction of sp³-hybridized carbons (Fsp3) is 0.0952. The molecule has 0 aliphatic carbocycles. The van der Waals surface area contributed by atoms with Crippen LogP contribution < -0.4 is 15.6 Å². The van der Waals surface area contributed by atoms with Gasteiger partial charge in [0.25, 0.3) is 11.8 Å². The molecule has 0 radical (unpaired) electrons. The van der Waals surface area contributed by atoms with Crippen molar-refractivity contribution < 1.29 is 14.3 Å². The number of nitrogens with one attached hydrogen (secondary N) is 2. The van der Waals surface area contributed by atoms with Crippen LogP contribution in [0.4, 0.5) is 0 Å². The summed E-state index contributed by atoms with van der Waals surface area (Å²) < 4.78 is 5.63. The summed E-state index contributed by atoms with van der Waals surface area (Å²) in [6.07, 6.45) is 2.21. The van der Waals surface area contributed by atoms with E-state index in [1.165, 1.54) is 6.20 Å². The van der Waals surface area contributed by atoms with Crippen LogP contribution in [0.1, 0.15) is 21.6 Å². The highest BCUT2D eigenvalue weighted by Gasteiger charge is 2.10. The van der Waals surface area contributed by atoms with E-state index in [2.05, 4.69) is 15.8 Å². The van der Waals surface area contributed by atoms with Gasteiger partial charge in [0.15, 0.2) is 6.61 Å². The Labute approximate surface area is 157 Å². The Hall–Kier alpha value is -3.67. The highest BCUT2D eigenvalue weighted by atomic mass is 16.5. The maximum Gasteiger partial charge on any atom is 0.288 e. The summed E-state index contributed by atoms with van der Waals surface area (Å²) in [5, 5.41) is 0. The highest BCUT2D eigenvalue weighted by Crippen LogP contribution is 2.21. The molecule has 0 bridgehead atoms. The molecule has 0 fully saturated rings. The molecule has 0 saturated carbocycles. The summed E-state index contributed by atoms with van der Waals surface area (Å²) in [5.74, 6) is -0.324. The molecular formula is C21H19N3O3. The second kappa shape index (κ2) is 9.15. The fourth-order valence-electron chi connectivity index (χ4n) is 2.47. The number of hydrazine groups is 1. The monoisotopic (exact) mass is 361 g/mol. The van der Waals surface area contributed by atoms with Crippen molar-refractivity contribution in [3.8, 4) is 5.75 Å². The predicted molar refractivity (Wildman–Crippen MR) is 101 cm³/mol. The molecule has 2 N–H and O–H groups in total. The molecule has 0 spiro atoms. The van der Waals surface area contributed by atoms with Gasteiger partial charge in [-0.05, 0) is 29.3 Å². The van der Waals surface area contributed by atoms with E-state index in [4.69, 9.17) is 4.74 Å². The van der Waals surface area contributed by atoms with E-state index in [1.54, 1.807) is 18.2 Å². The number of ether oxygens (including phenoxy) is 1. The minimum Gasteiger partial charge on any atom is -0.483 e. The number of aromatic nitrogens is 1. The lowest BCUT2D eigenvalue weighted by molar-refractivity contribution is -0.123. The SMILES string of the molecule is O=C(COc1ccccc1Cc1ccccc1)NNC(=O)c1ccccn1. The Bertz CT molecular complexity index is 899. The molecule has 6 nitrogen and oxygen atoms in total. The van der Waals surface area contributed by atoms with Crippen molar-refractivity contribution in [3.63, 3.8) is 0 Å². The van der Waals surface area contributed by atoms with E-state index >= 15 is 0 Å². The number of amides is 2. The number of benzene rings is 2. The van der Waals surface area contributed by atoms with Crippen LogP contribution in [0.15, 0.2) is 79.0 Å². The van der Waals surface area contributed by atoms with Crippen LogP contribution in [-0.2, 0) is 11.2 Å². The van der Waals surface area contributed by atoms with Crippen LogP contribution in [0, 0.1) is 0 Å². The van der Waals surface area contributed by atoms with Gasteiger partial charge in [-0.25, -0.2) is 0 Å². The third-order valence-corrected chi connectivity index (χ3v) is 3.78. The van der Waals surface area contributed by atoms with Gasteiger partial charge in [-0.3, -0.25) is 25.4 Å². The Kier molecular flexibility index (Phi) is 6.14. The zero-order valence-electron chi connectivity index (χ0n) is 14.6. The van der Waals surface area contributed by atoms with Gasteiger partial charge in [0.1, 0.15) is 11.4 Å². The molecule has 1 heterocycles. The van der Waals surface area contributed by atoms with Crippen molar-refractivity contribution in [2.45, 2.75) is 6.42 Å². The first-order valence-corrected chi connectivity index (χ1v) is 8.47. The second-order valence-electron chi connectivity index (χ2n) is 5.78. The van der Waals surface area contributed by atoms with Crippen LogP contribution in [0.2, 0.25) is 0 Å². The van der Waals surface area contributed by atoms with Gasteiger partial charge in [0.05, 0.1) is 0 Å². The molecule has 27 heavy (non-hydrogen) atoms. The molecule has 3 aromatic rings. The normalized spacial score (nSPS) is 10.1. The minimum atomic E-state index is -0.492. The lowest BCUT2D eigenvalue weighted by Gasteiger charge is -2.12. The van der Waals surface area contributed by atoms with Gasteiger partial charge >= 0.3 is 0 Å². The quantitative estimate of drug-likeness (QED) is 0.661. The smallest absolute Gasteiger partial charge is 0.288 e. The first-order valence-electron chi connectivity index (χ1n) is 8.47. The molecule has 0 saturated heterocycles. The topological polar surface area (TPSA) is 80.3 Å². The van der Waals surface area contributed by atoms with Crippen molar-refractivity contribution >= 4 is 11.8 Å². The number of pyridine rings is 1. The van der Waals surface area contributed by atoms with Crippen molar-refractivity contribution in [2.75, 3.05) is 6.61 Å². The molecule has 0 aliphatic heterocycles. The maximum absolute atomic E-state index is 12.0. The first kappa shape index (κ1) is 18.1. The lowest BCUT2D eigenvalue weighted by atomic mass is 10.0. The number of carbonyl (C=O) groups excluding carboxylic acids is 2. The third-order valence-electron chi connectivity index (χ3n) is 3.78. The van der Waals surface area contributed by atoms with Crippen LogP contribution in [0.3, 0.4) is 0 Å². The summed E-state index contributed by atoms with van der Waals surface area (Å²) in [4.78, 5) is 27.7. The van der Waals surface area contributed by atoms with E-state index in [-0.39, 0.29) is 12.3 Å². The van der Waals surface area contributed by atoms with Gasteiger partial charge in [-0.1, -0.05) is 54.6 Å². The Morgan fingerprint density at radius 1 is 0.852 bits per heavy atom. The molecule has 1 aromatic heterocycles. The molecule has 2 aromatic carbocycles. The van der Waals surface area contributed by atoms with E-state index in [1.807, 2.05) is 54.6 Å². The summed E-state index contributed by atoms with van der Waals surface area (Å²) in [6, 6.07) is 22.5. The largest absolute Gasteiger partial charge is 0.483 e. The Morgan fingerprint density at radius 3 is 2.37 bits per heavy atom. The summed E-state index contributed by atoms with van der Waals surface area (Å²) in [6.45, 7) is -0.214. The van der Waals surface area contributed by atoms with Crippen molar-refractivity contribution in [3.05, 3.63) is 95.8 Å². The minimum absolute atomic E-state index is 0.214. The van der Waals surface area contributed by atoms with Gasteiger partial charge in [0.2, 0.25) is 0 Å². The third kappa shape index (κ3) is 5.40. The van der Waals surface area contributed by atoms with Gasteiger partial charge in [-0.15, -0.1) is 0 Å². The number of hydrogen-bond donors (Lipinski definition) is 2. The van der Waals surface area contributed by atoms with Crippen LogP contribution >= 0.6 is 0 Å². The fourth-order valence-corrected chi connectivity index (χ4v) is 2.47. The standard InChI is InChI=1S/C21H19N3O3/c25-20(23-24-21(26)18-11-6-7-13-22-18)15-27-19-12-5-4-10-17(19)14-16-8-2-1-3-9-16/h1-13H,14-15H2,(H,23,25)(H,24,26). The van der Waals surface area contributed by atoms with E-state index in [0.717, 1.165) is 11.1 Å². The highest BCUT2D eigenvalue weighted by molar-refractivity contribution is 5.93. The average molecular weight is 361 g/mol. The van der Waals surface area contributed by atoms with E-state index < -0.39 is 11.8 Å². The molecule has 0 unspecified atom stereocenters. The number of para-hydroxylation sites is 1.